The van der Waals surface area contributed by atoms with Crippen LogP contribution in [0.25, 0.3) is 0 Å². The summed E-state index contributed by atoms with van der Waals surface area (Å²) in [7, 11) is 0. The van der Waals surface area contributed by atoms with Crippen LogP contribution in [0.3, 0.4) is 0 Å². The lowest BCUT2D eigenvalue weighted by molar-refractivity contribution is 0.302. The number of halogens is 2. The maximum atomic E-state index is 6.04. The largest absolute Gasteiger partial charge is 0.317 e. The fourth-order valence-electron chi connectivity index (χ4n) is 2.03. The molecule has 1 rings (SSSR count). The molecule has 0 bridgehead atoms. The third-order valence-corrected chi connectivity index (χ3v) is 4.22. The summed E-state index contributed by atoms with van der Waals surface area (Å²) in [6.45, 7) is 9.07. The zero-order valence-electron chi connectivity index (χ0n) is 12.2. The Hall–Kier alpha value is -0.240. The molecule has 0 aliphatic carbocycles. The molecule has 0 heterocycles. The van der Waals surface area contributed by atoms with Gasteiger partial charge in [0.2, 0.25) is 0 Å². The van der Waals surface area contributed by atoms with Crippen molar-refractivity contribution < 1.29 is 0 Å². The summed E-state index contributed by atoms with van der Waals surface area (Å²) >= 11 is 12.0. The van der Waals surface area contributed by atoms with Gasteiger partial charge in [-0.3, -0.25) is 0 Å². The van der Waals surface area contributed by atoms with Gasteiger partial charge < -0.3 is 5.32 Å². The second kappa shape index (κ2) is 8.14. The third kappa shape index (κ3) is 6.65. The molecule has 1 aromatic carbocycles. The molecule has 3 heteroatoms. The molecule has 0 aliphatic rings. The maximum absolute atomic E-state index is 6.04. The predicted octanol–water partition coefficient (Wildman–Crippen LogP) is 5.34. The van der Waals surface area contributed by atoms with Gasteiger partial charge in [0.25, 0.3) is 0 Å². The molecule has 0 aliphatic heterocycles. The van der Waals surface area contributed by atoms with E-state index in [9.17, 15) is 0 Å². The van der Waals surface area contributed by atoms with Crippen LogP contribution in [0.2, 0.25) is 10.0 Å². The molecule has 0 saturated heterocycles. The van der Waals surface area contributed by atoms with Gasteiger partial charge in [-0.2, -0.15) is 0 Å². The van der Waals surface area contributed by atoms with E-state index in [4.69, 9.17) is 23.2 Å². The van der Waals surface area contributed by atoms with E-state index in [2.05, 4.69) is 32.2 Å². The van der Waals surface area contributed by atoms with Gasteiger partial charge in [0, 0.05) is 0 Å². The van der Waals surface area contributed by atoms with Crippen LogP contribution in [0.4, 0.5) is 0 Å². The van der Waals surface area contributed by atoms with Crippen molar-refractivity contribution in [1.82, 2.24) is 5.32 Å². The van der Waals surface area contributed by atoms with E-state index >= 15 is 0 Å². The molecule has 0 atom stereocenters. The summed E-state index contributed by atoms with van der Waals surface area (Å²) in [5.41, 5.74) is 1.62. The molecule has 0 aromatic heterocycles. The molecule has 0 spiro atoms. The standard InChI is InChI=1S/C16H25Cl2N/c1-4-10-19-11-9-16(2,3)8-7-13-5-6-14(17)15(18)12-13/h5-6,12,19H,4,7-11H2,1-3H3. The highest BCUT2D eigenvalue weighted by atomic mass is 35.5. The number of benzene rings is 1. The number of hydrogen-bond donors (Lipinski definition) is 1. The van der Waals surface area contributed by atoms with Crippen molar-refractivity contribution in [1.29, 1.82) is 0 Å². The van der Waals surface area contributed by atoms with E-state index in [1.54, 1.807) is 0 Å². The second-order valence-corrected chi connectivity index (χ2v) is 6.73. The Kier molecular flexibility index (Phi) is 7.20. The Bertz CT molecular complexity index is 388. The molecule has 0 amide bonds. The first kappa shape index (κ1) is 16.8. The van der Waals surface area contributed by atoms with E-state index in [1.807, 2.05) is 12.1 Å². The normalized spacial score (nSPS) is 11.8. The third-order valence-electron chi connectivity index (χ3n) is 3.48. The SMILES string of the molecule is CCCNCCC(C)(C)CCc1ccc(Cl)c(Cl)c1. The fraction of sp³-hybridized carbons (Fsp3) is 0.625. The highest BCUT2D eigenvalue weighted by Gasteiger charge is 2.17. The van der Waals surface area contributed by atoms with Crippen LogP contribution in [0.1, 0.15) is 45.6 Å². The van der Waals surface area contributed by atoms with Crippen molar-refractivity contribution in [2.45, 2.75) is 46.5 Å². The second-order valence-electron chi connectivity index (χ2n) is 5.91. The predicted molar refractivity (Wildman–Crippen MR) is 86.3 cm³/mol. The van der Waals surface area contributed by atoms with Crippen LogP contribution < -0.4 is 5.32 Å². The fourth-order valence-corrected chi connectivity index (χ4v) is 2.35. The van der Waals surface area contributed by atoms with Crippen LogP contribution in [0.15, 0.2) is 18.2 Å². The van der Waals surface area contributed by atoms with Crippen LogP contribution in [-0.2, 0) is 6.42 Å². The van der Waals surface area contributed by atoms with Gasteiger partial charge >= 0.3 is 0 Å². The van der Waals surface area contributed by atoms with Crippen molar-refractivity contribution in [3.8, 4) is 0 Å². The van der Waals surface area contributed by atoms with Gasteiger partial charge in [0.15, 0.2) is 0 Å². The smallest absolute Gasteiger partial charge is 0.0595 e. The summed E-state index contributed by atoms with van der Waals surface area (Å²) in [5, 5.41) is 4.75. The topological polar surface area (TPSA) is 12.0 Å². The molecule has 0 fully saturated rings. The van der Waals surface area contributed by atoms with Crippen LogP contribution in [0, 0.1) is 5.41 Å². The van der Waals surface area contributed by atoms with Crippen molar-refractivity contribution in [2.24, 2.45) is 5.41 Å². The van der Waals surface area contributed by atoms with Crippen molar-refractivity contribution in [3.63, 3.8) is 0 Å². The quantitative estimate of drug-likeness (QED) is 0.639. The Labute approximate surface area is 127 Å². The van der Waals surface area contributed by atoms with E-state index in [1.165, 1.54) is 24.8 Å². The van der Waals surface area contributed by atoms with E-state index in [-0.39, 0.29) is 0 Å². The summed E-state index contributed by atoms with van der Waals surface area (Å²) in [5.74, 6) is 0. The van der Waals surface area contributed by atoms with Gasteiger partial charge in [-0.15, -0.1) is 0 Å². The molecule has 19 heavy (non-hydrogen) atoms. The number of hydrogen-bond acceptors (Lipinski definition) is 1. The van der Waals surface area contributed by atoms with E-state index < -0.39 is 0 Å². The summed E-state index contributed by atoms with van der Waals surface area (Å²) < 4.78 is 0. The Balaban J connectivity index is 2.39. The van der Waals surface area contributed by atoms with Crippen molar-refractivity contribution >= 4 is 23.2 Å². The van der Waals surface area contributed by atoms with E-state index in [0.717, 1.165) is 19.5 Å². The average Bonchev–Trinajstić information content (AvgIpc) is 2.36. The molecule has 1 nitrogen and oxygen atoms in total. The molecular formula is C16H25Cl2N. The van der Waals surface area contributed by atoms with Crippen molar-refractivity contribution in [3.05, 3.63) is 33.8 Å². The van der Waals surface area contributed by atoms with Gasteiger partial charge in [0.1, 0.15) is 0 Å². The number of nitrogens with one attached hydrogen (secondary N) is 1. The minimum atomic E-state index is 0.354. The molecule has 0 saturated carbocycles. The summed E-state index contributed by atoms with van der Waals surface area (Å²) in [6, 6.07) is 5.93. The molecule has 0 radical (unpaired) electrons. The lowest BCUT2D eigenvalue weighted by Crippen LogP contribution is -2.23. The molecule has 1 aromatic rings. The summed E-state index contributed by atoms with van der Waals surface area (Å²) in [6.07, 6.45) is 4.62. The highest BCUT2D eigenvalue weighted by molar-refractivity contribution is 6.42. The zero-order valence-corrected chi connectivity index (χ0v) is 13.7. The zero-order chi connectivity index (χ0) is 14.3. The molecular weight excluding hydrogens is 277 g/mol. The van der Waals surface area contributed by atoms with Gasteiger partial charge in [-0.25, -0.2) is 0 Å². The molecule has 1 N–H and O–H groups in total. The highest BCUT2D eigenvalue weighted by Crippen LogP contribution is 2.28. The Morgan fingerprint density at radius 1 is 1.05 bits per heavy atom. The van der Waals surface area contributed by atoms with Crippen LogP contribution >= 0.6 is 23.2 Å². The van der Waals surface area contributed by atoms with Crippen LogP contribution in [0.5, 0.6) is 0 Å². The van der Waals surface area contributed by atoms with E-state index in [0.29, 0.717) is 15.5 Å². The van der Waals surface area contributed by atoms with Gasteiger partial charge in [-0.05, 0) is 61.9 Å². The summed E-state index contributed by atoms with van der Waals surface area (Å²) in [4.78, 5) is 0. The first-order valence-electron chi connectivity index (χ1n) is 7.09. The van der Waals surface area contributed by atoms with Gasteiger partial charge in [0.05, 0.1) is 10.0 Å². The minimum absolute atomic E-state index is 0.354. The van der Waals surface area contributed by atoms with Crippen LogP contribution in [-0.4, -0.2) is 13.1 Å². The minimum Gasteiger partial charge on any atom is -0.317 e. The van der Waals surface area contributed by atoms with Gasteiger partial charge in [-0.1, -0.05) is 50.0 Å². The maximum Gasteiger partial charge on any atom is 0.0595 e. The first-order valence-corrected chi connectivity index (χ1v) is 7.85. The first-order chi connectivity index (χ1) is 8.94. The average molecular weight is 302 g/mol. The lowest BCUT2D eigenvalue weighted by atomic mass is 9.83. The number of rotatable bonds is 8. The molecule has 108 valence electrons. The number of aryl methyl sites for hydroxylation is 1. The molecule has 0 unspecified atom stereocenters. The Morgan fingerprint density at radius 3 is 2.42 bits per heavy atom. The Morgan fingerprint density at radius 2 is 1.79 bits per heavy atom. The monoisotopic (exact) mass is 301 g/mol. The lowest BCUT2D eigenvalue weighted by Gasteiger charge is -2.25. The van der Waals surface area contributed by atoms with Crippen molar-refractivity contribution in [2.75, 3.05) is 13.1 Å².